The van der Waals surface area contributed by atoms with Crippen molar-refractivity contribution in [3.8, 4) is 5.88 Å². The minimum Gasteiger partial charge on any atom is -0.481 e. The molecule has 0 amide bonds. The maximum absolute atomic E-state index is 12.4. The van der Waals surface area contributed by atoms with E-state index in [2.05, 4.69) is 20.9 Å². The second-order valence-corrected chi connectivity index (χ2v) is 8.26. The molecule has 0 bridgehead atoms. The van der Waals surface area contributed by atoms with Crippen molar-refractivity contribution in [1.29, 1.82) is 0 Å². The Balaban J connectivity index is 1.41. The van der Waals surface area contributed by atoms with Crippen LogP contribution >= 0.6 is 0 Å². The molecule has 2 aromatic rings. The number of anilines is 1. The van der Waals surface area contributed by atoms with Gasteiger partial charge in [-0.25, -0.2) is 4.98 Å². The smallest absolute Gasteiger partial charge is 0.221 e. The summed E-state index contributed by atoms with van der Waals surface area (Å²) < 4.78 is 5.56. The topological polar surface area (TPSA) is 75.6 Å². The van der Waals surface area contributed by atoms with Gasteiger partial charge in [-0.2, -0.15) is 0 Å². The molecular formula is C25H30N4O3. The van der Waals surface area contributed by atoms with Crippen molar-refractivity contribution < 1.29 is 14.3 Å². The highest BCUT2D eigenvalue weighted by atomic mass is 16.5. The van der Waals surface area contributed by atoms with Crippen LogP contribution in [0.5, 0.6) is 5.88 Å². The summed E-state index contributed by atoms with van der Waals surface area (Å²) in [5, 5.41) is 0. The lowest BCUT2D eigenvalue weighted by molar-refractivity contribution is -0.115. The molecule has 7 heteroatoms. The van der Waals surface area contributed by atoms with Crippen LogP contribution in [0.4, 0.5) is 5.69 Å². The average Bonchev–Trinajstić information content (AvgIpc) is 2.83. The quantitative estimate of drug-likeness (QED) is 0.619. The number of hydrogen-bond donors (Lipinski definition) is 0. The molecule has 168 valence electrons. The van der Waals surface area contributed by atoms with Gasteiger partial charge in [0.15, 0.2) is 11.6 Å². The second-order valence-electron chi connectivity index (χ2n) is 8.26. The molecule has 2 aromatic heterocycles. The van der Waals surface area contributed by atoms with Gasteiger partial charge in [-0.3, -0.25) is 19.5 Å². The number of ether oxygens (including phenoxy) is 1. The Hall–Kier alpha value is -3.06. The number of allylic oxidation sites excluding steroid dienone is 1. The van der Waals surface area contributed by atoms with Crippen LogP contribution < -0.4 is 9.64 Å². The van der Waals surface area contributed by atoms with Crippen LogP contribution in [0.1, 0.15) is 54.0 Å². The highest BCUT2D eigenvalue weighted by Gasteiger charge is 2.24. The molecule has 0 saturated carbocycles. The number of methoxy groups -OCH3 is 1. The Morgan fingerprint density at radius 2 is 1.94 bits per heavy atom. The average molecular weight is 435 g/mol. The van der Waals surface area contributed by atoms with E-state index < -0.39 is 0 Å². The van der Waals surface area contributed by atoms with Gasteiger partial charge in [-0.1, -0.05) is 13.8 Å². The molecule has 0 spiro atoms. The molecular weight excluding hydrogens is 404 g/mol. The number of aromatic nitrogens is 2. The zero-order valence-electron chi connectivity index (χ0n) is 19.1. The highest BCUT2D eigenvalue weighted by Crippen LogP contribution is 2.30. The molecule has 3 heterocycles. The van der Waals surface area contributed by atoms with E-state index in [1.807, 2.05) is 32.1 Å². The minimum absolute atomic E-state index is 0.0671. The van der Waals surface area contributed by atoms with Crippen LogP contribution in [0, 0.1) is 0 Å². The summed E-state index contributed by atoms with van der Waals surface area (Å²) in [5.41, 5.74) is 5.28. The Labute approximate surface area is 189 Å². The summed E-state index contributed by atoms with van der Waals surface area (Å²) in [4.78, 5) is 37.9. The van der Waals surface area contributed by atoms with Gasteiger partial charge in [-0.15, -0.1) is 0 Å². The Morgan fingerprint density at radius 3 is 2.56 bits per heavy atom. The monoisotopic (exact) mass is 434 g/mol. The van der Waals surface area contributed by atoms with Crippen LogP contribution in [0.15, 0.2) is 30.0 Å². The second kappa shape index (κ2) is 9.61. The third-order valence-corrected chi connectivity index (χ3v) is 6.24. The summed E-state index contributed by atoms with van der Waals surface area (Å²) in [6.07, 6.45) is 5.34. The highest BCUT2D eigenvalue weighted by molar-refractivity contribution is 6.04. The number of carbonyl (C=O) groups is 2. The number of fused-ring (bicyclic) bond motifs is 1. The zero-order chi connectivity index (χ0) is 22.7. The SMILES string of the molecule is CCC(=O)c1ccc(N2CCN(Cc3cc4c(c(OC)n3)C=C(CC)C(=O)C4)CC2)cn1. The summed E-state index contributed by atoms with van der Waals surface area (Å²) in [6.45, 7) is 8.13. The molecule has 1 fully saturated rings. The Kier molecular flexibility index (Phi) is 6.65. The van der Waals surface area contributed by atoms with Crippen molar-refractivity contribution in [2.24, 2.45) is 0 Å². The van der Waals surface area contributed by atoms with E-state index in [1.165, 1.54) is 0 Å². The van der Waals surface area contributed by atoms with Crippen molar-refractivity contribution in [2.75, 3.05) is 38.2 Å². The maximum Gasteiger partial charge on any atom is 0.221 e. The number of ketones is 2. The molecule has 1 aliphatic carbocycles. The molecule has 0 aromatic carbocycles. The van der Waals surface area contributed by atoms with Gasteiger partial charge in [0.25, 0.3) is 0 Å². The Morgan fingerprint density at radius 1 is 1.16 bits per heavy atom. The van der Waals surface area contributed by atoms with Gasteiger partial charge in [0.1, 0.15) is 5.69 Å². The minimum atomic E-state index is 0.0671. The summed E-state index contributed by atoms with van der Waals surface area (Å²) in [5.74, 6) is 0.855. The number of nitrogens with zero attached hydrogens (tertiary/aromatic N) is 4. The lowest BCUT2D eigenvalue weighted by Crippen LogP contribution is -2.46. The molecule has 1 saturated heterocycles. The van der Waals surface area contributed by atoms with Crippen molar-refractivity contribution >= 4 is 23.3 Å². The third-order valence-electron chi connectivity index (χ3n) is 6.24. The van der Waals surface area contributed by atoms with Crippen LogP contribution in [0.2, 0.25) is 0 Å². The molecule has 0 N–H and O–H groups in total. The first-order valence-corrected chi connectivity index (χ1v) is 11.3. The summed E-state index contributed by atoms with van der Waals surface area (Å²) in [7, 11) is 1.63. The molecule has 0 atom stereocenters. The van der Waals surface area contributed by atoms with Crippen molar-refractivity contribution in [3.63, 3.8) is 0 Å². The van der Waals surface area contributed by atoms with Crippen molar-refractivity contribution in [1.82, 2.24) is 14.9 Å². The van der Waals surface area contributed by atoms with Crippen LogP contribution in [-0.2, 0) is 17.8 Å². The van der Waals surface area contributed by atoms with E-state index >= 15 is 0 Å². The largest absolute Gasteiger partial charge is 0.481 e. The van der Waals surface area contributed by atoms with Gasteiger partial charge in [0, 0.05) is 51.1 Å². The van der Waals surface area contributed by atoms with E-state index in [1.54, 1.807) is 13.3 Å². The fourth-order valence-electron chi connectivity index (χ4n) is 4.33. The van der Waals surface area contributed by atoms with Gasteiger partial charge in [0.05, 0.1) is 24.7 Å². The molecule has 32 heavy (non-hydrogen) atoms. The molecule has 0 unspecified atom stereocenters. The fraction of sp³-hybridized carbons (Fsp3) is 0.440. The summed E-state index contributed by atoms with van der Waals surface area (Å²) in [6, 6.07) is 5.85. The molecule has 2 aliphatic rings. The number of pyridine rings is 2. The number of rotatable bonds is 7. The summed E-state index contributed by atoms with van der Waals surface area (Å²) >= 11 is 0. The predicted molar refractivity (Wildman–Crippen MR) is 124 cm³/mol. The van der Waals surface area contributed by atoms with E-state index in [4.69, 9.17) is 9.72 Å². The van der Waals surface area contributed by atoms with E-state index in [0.717, 1.165) is 67.2 Å². The fourth-order valence-corrected chi connectivity index (χ4v) is 4.33. The van der Waals surface area contributed by atoms with Crippen LogP contribution in [0.3, 0.4) is 0 Å². The lowest BCUT2D eigenvalue weighted by Gasteiger charge is -2.36. The first kappa shape index (κ1) is 22.1. The molecule has 1 aliphatic heterocycles. The van der Waals surface area contributed by atoms with Gasteiger partial charge in [-0.05, 0) is 41.8 Å². The lowest BCUT2D eigenvalue weighted by atomic mass is 9.90. The van der Waals surface area contributed by atoms with Crippen LogP contribution in [0.25, 0.3) is 6.08 Å². The van der Waals surface area contributed by atoms with Crippen molar-refractivity contribution in [2.45, 2.75) is 39.7 Å². The van der Waals surface area contributed by atoms with Crippen molar-refractivity contribution in [3.05, 3.63) is 52.5 Å². The Bertz CT molecular complexity index is 1040. The predicted octanol–water partition coefficient (Wildman–Crippen LogP) is 3.32. The first-order chi connectivity index (χ1) is 15.5. The van der Waals surface area contributed by atoms with Gasteiger partial charge >= 0.3 is 0 Å². The molecule has 4 rings (SSSR count). The van der Waals surface area contributed by atoms with Crippen LogP contribution in [-0.4, -0.2) is 59.7 Å². The number of Topliss-reactive ketones (excluding diaryl/α,β-unsaturated/α-hetero) is 2. The zero-order valence-corrected chi connectivity index (χ0v) is 19.1. The van der Waals surface area contributed by atoms with Gasteiger partial charge < -0.3 is 9.64 Å². The third kappa shape index (κ3) is 4.58. The number of hydrogen-bond acceptors (Lipinski definition) is 7. The first-order valence-electron chi connectivity index (χ1n) is 11.3. The standard InChI is InChI=1S/C25H30N4O3/c1-4-17-13-21-18(14-24(17)31)12-19(27-25(21)32-3)16-28-8-10-29(11-9-28)20-6-7-22(26-15-20)23(30)5-2/h6-7,12-13,15H,4-5,8-11,14,16H2,1-3H3. The normalized spacial score (nSPS) is 16.5. The van der Waals surface area contributed by atoms with E-state index in [-0.39, 0.29) is 11.6 Å². The van der Waals surface area contributed by atoms with E-state index in [0.29, 0.717) is 24.4 Å². The number of carbonyl (C=O) groups excluding carboxylic acids is 2. The van der Waals surface area contributed by atoms with E-state index in [9.17, 15) is 9.59 Å². The number of piperazine rings is 1. The van der Waals surface area contributed by atoms with Gasteiger partial charge in [0.2, 0.25) is 5.88 Å². The maximum atomic E-state index is 12.4. The molecule has 7 nitrogen and oxygen atoms in total. The molecule has 0 radical (unpaired) electrons.